The fourth-order valence-electron chi connectivity index (χ4n) is 3.53. The van der Waals surface area contributed by atoms with Gasteiger partial charge in [-0.25, -0.2) is 4.79 Å². The molecule has 1 aliphatic heterocycles. The lowest BCUT2D eigenvalue weighted by Crippen LogP contribution is -2.42. The van der Waals surface area contributed by atoms with Crippen molar-refractivity contribution in [3.8, 4) is 0 Å². The van der Waals surface area contributed by atoms with Gasteiger partial charge < -0.3 is 14.7 Å². The minimum atomic E-state index is -0.789. The molecule has 1 aromatic heterocycles. The predicted molar refractivity (Wildman–Crippen MR) is 102 cm³/mol. The second-order valence-corrected chi connectivity index (χ2v) is 8.14. The third-order valence-electron chi connectivity index (χ3n) is 4.93. The summed E-state index contributed by atoms with van der Waals surface area (Å²) in [6, 6.07) is 7.64. The molecular formula is C21H28N2O3. The Bertz CT molecular complexity index is 826. The molecule has 0 spiro atoms. The van der Waals surface area contributed by atoms with E-state index in [1.54, 1.807) is 4.90 Å². The molecular weight excluding hydrogens is 328 g/mol. The van der Waals surface area contributed by atoms with E-state index >= 15 is 0 Å². The normalized spacial score (nSPS) is 19.0. The molecule has 1 aromatic carbocycles. The first kappa shape index (κ1) is 18.6. The lowest BCUT2D eigenvalue weighted by Gasteiger charge is -2.31. The molecule has 0 bridgehead atoms. The van der Waals surface area contributed by atoms with Crippen LogP contribution in [0.15, 0.2) is 24.3 Å². The number of amides is 1. The molecule has 1 fully saturated rings. The zero-order valence-electron chi connectivity index (χ0n) is 16.2. The van der Waals surface area contributed by atoms with Crippen LogP contribution in [0.3, 0.4) is 0 Å². The summed E-state index contributed by atoms with van der Waals surface area (Å²) in [6.45, 7) is 10.2. The second kappa shape index (κ2) is 6.88. The number of carbonyl (C=O) groups is 1. The van der Waals surface area contributed by atoms with Crippen LogP contribution in [0.5, 0.6) is 0 Å². The van der Waals surface area contributed by atoms with Crippen LogP contribution in [-0.4, -0.2) is 39.3 Å². The van der Waals surface area contributed by atoms with Crippen molar-refractivity contribution < 1.29 is 14.6 Å². The molecule has 1 saturated heterocycles. The lowest BCUT2D eigenvalue weighted by atomic mass is 9.97. The molecule has 2 aromatic rings. The molecule has 0 unspecified atom stereocenters. The van der Waals surface area contributed by atoms with E-state index in [4.69, 9.17) is 9.72 Å². The number of aromatic nitrogens is 1. The van der Waals surface area contributed by atoms with Crippen molar-refractivity contribution in [2.45, 2.75) is 65.2 Å². The number of carbonyl (C=O) groups excluding carboxylic acids is 1. The molecule has 5 nitrogen and oxygen atoms in total. The first-order chi connectivity index (χ1) is 12.2. The summed E-state index contributed by atoms with van der Waals surface area (Å²) in [5.41, 5.74) is 3.10. The predicted octanol–water partition coefficient (Wildman–Crippen LogP) is 4.28. The van der Waals surface area contributed by atoms with Crippen LogP contribution in [0.25, 0.3) is 10.9 Å². The highest BCUT2D eigenvalue weighted by Gasteiger charge is 2.37. The van der Waals surface area contributed by atoms with Gasteiger partial charge in [0.2, 0.25) is 0 Å². The van der Waals surface area contributed by atoms with E-state index in [0.717, 1.165) is 40.6 Å². The maximum Gasteiger partial charge on any atom is 0.410 e. The van der Waals surface area contributed by atoms with Gasteiger partial charge in [-0.1, -0.05) is 18.2 Å². The number of aryl methyl sites for hydroxylation is 2. The molecule has 1 N–H and O–H groups in total. The minimum absolute atomic E-state index is 0.293. The summed E-state index contributed by atoms with van der Waals surface area (Å²) in [5, 5.41) is 12.1. The van der Waals surface area contributed by atoms with Gasteiger partial charge in [0, 0.05) is 23.2 Å². The second-order valence-electron chi connectivity index (χ2n) is 8.14. The Morgan fingerprint density at radius 3 is 2.77 bits per heavy atom. The number of benzene rings is 1. The maximum absolute atomic E-state index is 12.5. The monoisotopic (exact) mass is 356 g/mol. The number of likely N-dealkylation sites (tertiary alicyclic amines) is 1. The smallest absolute Gasteiger partial charge is 0.410 e. The molecule has 1 aliphatic rings. The number of nitrogens with zero attached hydrogens (tertiary/aromatic N) is 2. The van der Waals surface area contributed by atoms with Gasteiger partial charge in [0.15, 0.2) is 0 Å². The van der Waals surface area contributed by atoms with Gasteiger partial charge in [-0.3, -0.25) is 4.98 Å². The van der Waals surface area contributed by atoms with Crippen LogP contribution in [0.1, 0.15) is 56.5 Å². The van der Waals surface area contributed by atoms with Gasteiger partial charge in [0.05, 0.1) is 11.6 Å². The van der Waals surface area contributed by atoms with E-state index in [2.05, 4.69) is 6.07 Å². The van der Waals surface area contributed by atoms with Gasteiger partial charge in [-0.15, -0.1) is 0 Å². The van der Waals surface area contributed by atoms with E-state index in [1.165, 1.54) is 0 Å². The van der Waals surface area contributed by atoms with Gasteiger partial charge in [0.1, 0.15) is 11.7 Å². The average molecular weight is 356 g/mol. The van der Waals surface area contributed by atoms with Crippen molar-refractivity contribution in [2.75, 3.05) is 6.54 Å². The first-order valence-electron chi connectivity index (χ1n) is 9.22. The highest BCUT2D eigenvalue weighted by Crippen LogP contribution is 2.34. The molecule has 2 heterocycles. The van der Waals surface area contributed by atoms with Gasteiger partial charge >= 0.3 is 6.09 Å². The summed E-state index contributed by atoms with van der Waals surface area (Å²) in [7, 11) is 0. The molecule has 3 rings (SSSR count). The largest absolute Gasteiger partial charge is 0.444 e. The van der Waals surface area contributed by atoms with Crippen molar-refractivity contribution in [1.29, 1.82) is 0 Å². The summed E-state index contributed by atoms with van der Waals surface area (Å²) >= 11 is 0. The van der Waals surface area contributed by atoms with Gasteiger partial charge in [-0.2, -0.15) is 0 Å². The number of pyridine rings is 1. The third-order valence-corrected chi connectivity index (χ3v) is 4.93. The minimum Gasteiger partial charge on any atom is -0.444 e. The van der Waals surface area contributed by atoms with Crippen molar-refractivity contribution in [3.05, 3.63) is 41.1 Å². The van der Waals surface area contributed by atoms with Crippen LogP contribution in [0, 0.1) is 13.8 Å². The van der Waals surface area contributed by atoms with Gasteiger partial charge in [0.25, 0.3) is 0 Å². The van der Waals surface area contributed by atoms with E-state index in [1.807, 2.05) is 52.8 Å². The van der Waals surface area contributed by atoms with Crippen molar-refractivity contribution >= 4 is 17.0 Å². The number of hydrogen-bond acceptors (Lipinski definition) is 4. The quantitative estimate of drug-likeness (QED) is 0.872. The topological polar surface area (TPSA) is 62.7 Å². The summed E-state index contributed by atoms with van der Waals surface area (Å²) in [6.07, 6.45) is 0.460. The average Bonchev–Trinajstić information content (AvgIpc) is 3.03. The molecule has 0 radical (unpaired) electrons. The zero-order valence-corrected chi connectivity index (χ0v) is 16.2. The van der Waals surface area contributed by atoms with E-state index in [9.17, 15) is 9.90 Å². The van der Waals surface area contributed by atoms with Crippen molar-refractivity contribution in [3.63, 3.8) is 0 Å². The zero-order chi connectivity index (χ0) is 19.1. The molecule has 5 heteroatoms. The molecule has 2 atom stereocenters. The lowest BCUT2D eigenvalue weighted by molar-refractivity contribution is 0.00509. The highest BCUT2D eigenvalue weighted by molar-refractivity contribution is 5.83. The summed E-state index contributed by atoms with van der Waals surface area (Å²) in [5.74, 6) is 0. The Hall–Kier alpha value is -2.14. The standard InChI is InChI=1S/C21H28N2O3/c1-13-12-15-8-6-9-16(18(15)22-14(13)2)19(24)17-10-7-11-23(17)20(25)26-21(3,4)5/h6,8-9,12,17,19,24H,7,10-11H2,1-5H3/t17-,19-/m1/s1. The number of para-hydroxylation sites is 1. The van der Waals surface area contributed by atoms with Crippen LogP contribution in [-0.2, 0) is 4.74 Å². The number of ether oxygens (including phenoxy) is 1. The Morgan fingerprint density at radius 2 is 2.08 bits per heavy atom. The fourth-order valence-corrected chi connectivity index (χ4v) is 3.53. The van der Waals surface area contributed by atoms with Crippen molar-refractivity contribution in [2.24, 2.45) is 0 Å². The van der Waals surface area contributed by atoms with E-state index in [-0.39, 0.29) is 12.1 Å². The Morgan fingerprint density at radius 1 is 1.35 bits per heavy atom. The van der Waals surface area contributed by atoms with E-state index < -0.39 is 11.7 Å². The first-order valence-corrected chi connectivity index (χ1v) is 9.22. The van der Waals surface area contributed by atoms with Crippen LogP contribution in [0.4, 0.5) is 4.79 Å². The maximum atomic E-state index is 12.5. The van der Waals surface area contributed by atoms with Crippen molar-refractivity contribution in [1.82, 2.24) is 9.88 Å². The van der Waals surface area contributed by atoms with Crippen LogP contribution in [0.2, 0.25) is 0 Å². The van der Waals surface area contributed by atoms with Gasteiger partial charge in [-0.05, 0) is 59.1 Å². The number of hydrogen-bond donors (Lipinski definition) is 1. The molecule has 0 saturated carbocycles. The summed E-state index contributed by atoms with van der Waals surface area (Å²) < 4.78 is 5.52. The molecule has 0 aliphatic carbocycles. The number of aliphatic hydroxyl groups excluding tert-OH is 1. The Labute approximate surface area is 155 Å². The molecule has 1 amide bonds. The van der Waals surface area contributed by atoms with E-state index in [0.29, 0.717) is 6.54 Å². The molecule has 26 heavy (non-hydrogen) atoms. The molecule has 140 valence electrons. The number of rotatable bonds is 2. The SMILES string of the molecule is Cc1cc2cccc([C@@H](O)[C@H]3CCCN3C(=O)OC(C)(C)C)c2nc1C. The third kappa shape index (κ3) is 3.68. The number of aliphatic hydroxyl groups is 1. The van der Waals surface area contributed by atoms with Crippen LogP contribution < -0.4 is 0 Å². The number of fused-ring (bicyclic) bond motifs is 1. The Kier molecular flexibility index (Phi) is 4.93. The van der Waals surface area contributed by atoms with Crippen LogP contribution >= 0.6 is 0 Å². The highest BCUT2D eigenvalue weighted by atomic mass is 16.6. The summed E-state index contributed by atoms with van der Waals surface area (Å²) in [4.78, 5) is 18.9. The fraction of sp³-hybridized carbons (Fsp3) is 0.524. The Balaban J connectivity index is 1.93.